The monoisotopic (exact) mass is 232 g/mol. The summed E-state index contributed by atoms with van der Waals surface area (Å²) in [6, 6.07) is 0.625. The van der Waals surface area contributed by atoms with Gasteiger partial charge in [-0.25, -0.2) is 0 Å². The lowest BCUT2D eigenvalue weighted by atomic mass is 10.3. The second-order valence-corrected chi connectivity index (χ2v) is 5.57. The zero-order valence-electron chi connectivity index (χ0n) is 9.01. The summed E-state index contributed by atoms with van der Waals surface area (Å²) in [6.07, 6.45) is 7.38. The minimum Gasteiger partial charge on any atom is -0.362 e. The van der Waals surface area contributed by atoms with E-state index in [0.717, 1.165) is 11.7 Å². The van der Waals surface area contributed by atoms with Crippen LogP contribution in [0.1, 0.15) is 32.6 Å². The Morgan fingerprint density at radius 3 is 2.71 bits per heavy atom. The first-order valence-corrected chi connectivity index (χ1v) is 6.99. The quantitative estimate of drug-likeness (QED) is 0.725. The van der Waals surface area contributed by atoms with Crippen LogP contribution < -0.4 is 10.6 Å². The van der Waals surface area contributed by atoms with Crippen LogP contribution >= 0.6 is 24.0 Å². The van der Waals surface area contributed by atoms with Gasteiger partial charge in [0.05, 0.1) is 0 Å². The van der Waals surface area contributed by atoms with Crippen LogP contribution in [0.25, 0.3) is 0 Å². The van der Waals surface area contributed by atoms with Gasteiger partial charge in [-0.1, -0.05) is 19.8 Å². The van der Waals surface area contributed by atoms with E-state index in [1.807, 2.05) is 11.8 Å². The van der Waals surface area contributed by atoms with Crippen LogP contribution in [-0.2, 0) is 0 Å². The van der Waals surface area contributed by atoms with Crippen LogP contribution in [0.5, 0.6) is 0 Å². The average molecular weight is 232 g/mol. The Bertz CT molecular complexity index is 179. The second kappa shape index (κ2) is 6.51. The van der Waals surface area contributed by atoms with Gasteiger partial charge < -0.3 is 10.6 Å². The van der Waals surface area contributed by atoms with Crippen molar-refractivity contribution in [2.24, 2.45) is 0 Å². The molecular formula is C10H20N2S2. The number of hydrogen-bond acceptors (Lipinski definition) is 2. The van der Waals surface area contributed by atoms with Gasteiger partial charge in [0.25, 0.3) is 0 Å². The van der Waals surface area contributed by atoms with Crippen LogP contribution in [0.4, 0.5) is 0 Å². The molecular weight excluding hydrogens is 212 g/mol. The summed E-state index contributed by atoms with van der Waals surface area (Å²) in [4.78, 5) is 0. The molecule has 0 aromatic heterocycles. The molecule has 1 saturated carbocycles. The van der Waals surface area contributed by atoms with Crippen molar-refractivity contribution in [1.82, 2.24) is 10.6 Å². The first kappa shape index (κ1) is 12.1. The summed E-state index contributed by atoms with van der Waals surface area (Å²) >= 11 is 7.09. The highest BCUT2D eigenvalue weighted by atomic mass is 32.2. The molecule has 2 N–H and O–H groups in total. The predicted octanol–water partition coefficient (Wildman–Crippen LogP) is 2.14. The highest BCUT2D eigenvalue weighted by Crippen LogP contribution is 2.17. The van der Waals surface area contributed by atoms with Crippen molar-refractivity contribution in [2.75, 3.05) is 12.8 Å². The second-order valence-electron chi connectivity index (χ2n) is 3.88. The van der Waals surface area contributed by atoms with E-state index in [1.165, 1.54) is 25.7 Å². The molecule has 14 heavy (non-hydrogen) atoms. The Hall–Kier alpha value is 0.0400. The number of thiocarbonyl (C=S) groups is 1. The van der Waals surface area contributed by atoms with Crippen molar-refractivity contribution in [1.29, 1.82) is 0 Å². The van der Waals surface area contributed by atoms with Gasteiger partial charge in [0.1, 0.15) is 0 Å². The van der Waals surface area contributed by atoms with Crippen molar-refractivity contribution < 1.29 is 0 Å². The average Bonchev–Trinajstić information content (AvgIpc) is 2.66. The minimum absolute atomic E-state index is 0.623. The van der Waals surface area contributed by atoms with Crippen molar-refractivity contribution in [3.8, 4) is 0 Å². The van der Waals surface area contributed by atoms with Gasteiger partial charge in [0.2, 0.25) is 0 Å². The SMILES string of the molecule is CSC(C)CNC(=S)NC1CCCC1. The van der Waals surface area contributed by atoms with E-state index in [-0.39, 0.29) is 0 Å². The molecule has 0 radical (unpaired) electrons. The highest BCUT2D eigenvalue weighted by Gasteiger charge is 2.15. The summed E-state index contributed by atoms with van der Waals surface area (Å²) in [7, 11) is 0. The molecule has 2 nitrogen and oxygen atoms in total. The van der Waals surface area contributed by atoms with E-state index in [4.69, 9.17) is 12.2 Å². The summed E-state index contributed by atoms with van der Waals surface area (Å²) in [6.45, 7) is 3.16. The number of rotatable bonds is 4. The fraction of sp³-hybridized carbons (Fsp3) is 0.900. The van der Waals surface area contributed by atoms with Crippen molar-refractivity contribution in [3.63, 3.8) is 0 Å². The van der Waals surface area contributed by atoms with E-state index in [2.05, 4.69) is 23.8 Å². The summed E-state index contributed by atoms with van der Waals surface area (Å²) in [5.74, 6) is 0. The van der Waals surface area contributed by atoms with Crippen LogP contribution in [-0.4, -0.2) is 29.2 Å². The van der Waals surface area contributed by atoms with E-state index < -0.39 is 0 Å². The molecule has 1 aliphatic rings. The smallest absolute Gasteiger partial charge is 0.166 e. The third kappa shape index (κ3) is 4.51. The summed E-state index contributed by atoms with van der Waals surface area (Å²) in [5.41, 5.74) is 0. The molecule has 1 atom stereocenters. The van der Waals surface area contributed by atoms with Gasteiger partial charge in [0.15, 0.2) is 5.11 Å². The standard InChI is InChI=1S/C10H20N2S2/c1-8(14-2)7-11-10(13)12-9-5-3-4-6-9/h8-9H,3-7H2,1-2H3,(H2,11,12,13). The van der Waals surface area contributed by atoms with Crippen molar-refractivity contribution in [2.45, 2.75) is 43.9 Å². The molecule has 0 amide bonds. The predicted molar refractivity (Wildman–Crippen MR) is 69.0 cm³/mol. The molecule has 1 fully saturated rings. The zero-order chi connectivity index (χ0) is 10.4. The first-order valence-electron chi connectivity index (χ1n) is 5.29. The normalized spacial score (nSPS) is 19.3. The van der Waals surface area contributed by atoms with Gasteiger partial charge in [-0.15, -0.1) is 0 Å². The highest BCUT2D eigenvalue weighted by molar-refractivity contribution is 7.99. The Morgan fingerprint density at radius 1 is 1.50 bits per heavy atom. The minimum atomic E-state index is 0.623. The topological polar surface area (TPSA) is 24.1 Å². The van der Waals surface area contributed by atoms with Crippen molar-refractivity contribution >= 4 is 29.1 Å². The molecule has 0 aromatic carbocycles. The van der Waals surface area contributed by atoms with E-state index in [0.29, 0.717) is 11.3 Å². The van der Waals surface area contributed by atoms with E-state index in [1.54, 1.807) is 0 Å². The van der Waals surface area contributed by atoms with E-state index >= 15 is 0 Å². The van der Waals surface area contributed by atoms with Gasteiger partial charge >= 0.3 is 0 Å². The van der Waals surface area contributed by atoms with Gasteiger partial charge in [0, 0.05) is 17.8 Å². The maximum absolute atomic E-state index is 5.23. The largest absolute Gasteiger partial charge is 0.362 e. The number of nitrogens with one attached hydrogen (secondary N) is 2. The Labute approximate surface area is 96.6 Å². The molecule has 0 saturated heterocycles. The Morgan fingerprint density at radius 2 is 2.14 bits per heavy atom. The molecule has 1 rings (SSSR count). The molecule has 4 heteroatoms. The fourth-order valence-electron chi connectivity index (χ4n) is 1.63. The van der Waals surface area contributed by atoms with Gasteiger partial charge in [-0.3, -0.25) is 0 Å². The third-order valence-corrected chi connectivity index (χ3v) is 3.88. The Kier molecular flexibility index (Phi) is 5.63. The van der Waals surface area contributed by atoms with Crippen molar-refractivity contribution in [3.05, 3.63) is 0 Å². The third-order valence-electron chi connectivity index (χ3n) is 2.64. The lowest BCUT2D eigenvalue weighted by Gasteiger charge is -2.17. The maximum atomic E-state index is 5.23. The zero-order valence-corrected chi connectivity index (χ0v) is 10.6. The van der Waals surface area contributed by atoms with Gasteiger partial charge in [-0.05, 0) is 31.3 Å². The molecule has 0 bridgehead atoms. The summed E-state index contributed by atoms with van der Waals surface area (Å²) < 4.78 is 0. The lowest BCUT2D eigenvalue weighted by molar-refractivity contribution is 0.621. The molecule has 0 aliphatic heterocycles. The molecule has 1 unspecified atom stereocenters. The number of hydrogen-bond donors (Lipinski definition) is 2. The van der Waals surface area contributed by atoms with Gasteiger partial charge in [-0.2, -0.15) is 11.8 Å². The first-order chi connectivity index (χ1) is 6.72. The Balaban J connectivity index is 2.09. The molecule has 0 heterocycles. The van der Waals surface area contributed by atoms with Crippen LogP contribution in [0.3, 0.4) is 0 Å². The number of thioether (sulfide) groups is 1. The van der Waals surface area contributed by atoms with Crippen LogP contribution in [0, 0.1) is 0 Å². The maximum Gasteiger partial charge on any atom is 0.166 e. The molecule has 1 aliphatic carbocycles. The fourth-order valence-corrected chi connectivity index (χ4v) is 2.13. The van der Waals surface area contributed by atoms with E-state index in [9.17, 15) is 0 Å². The molecule has 82 valence electrons. The van der Waals surface area contributed by atoms with Crippen LogP contribution in [0.15, 0.2) is 0 Å². The summed E-state index contributed by atoms with van der Waals surface area (Å²) in [5, 5.41) is 8.08. The lowest BCUT2D eigenvalue weighted by Crippen LogP contribution is -2.42. The van der Waals surface area contributed by atoms with Crippen LogP contribution in [0.2, 0.25) is 0 Å². The molecule has 0 aromatic rings. The molecule has 0 spiro atoms.